The van der Waals surface area contributed by atoms with Crippen LogP contribution in [-0.2, 0) is 11.3 Å². The molecule has 0 saturated heterocycles. The molecule has 1 heterocycles. The van der Waals surface area contributed by atoms with Gasteiger partial charge in [-0.25, -0.2) is 0 Å². The van der Waals surface area contributed by atoms with E-state index in [4.69, 9.17) is 0 Å². The van der Waals surface area contributed by atoms with Crippen LogP contribution in [0.25, 0.3) is 11.4 Å². The number of rotatable bonds is 9. The first kappa shape index (κ1) is 22.9. The summed E-state index contributed by atoms with van der Waals surface area (Å²) in [7, 11) is 0. The lowest BCUT2D eigenvalue weighted by Gasteiger charge is -2.21. The van der Waals surface area contributed by atoms with Crippen LogP contribution < -0.4 is 10.2 Å². The van der Waals surface area contributed by atoms with E-state index in [1.807, 2.05) is 38.1 Å². The van der Waals surface area contributed by atoms with Gasteiger partial charge in [0.1, 0.15) is 0 Å². The van der Waals surface area contributed by atoms with Gasteiger partial charge in [-0.05, 0) is 76.6 Å². The van der Waals surface area contributed by atoms with Crippen LogP contribution >= 0.6 is 11.8 Å². The smallest absolute Gasteiger partial charge is 0.237 e. The van der Waals surface area contributed by atoms with Crippen molar-refractivity contribution in [2.24, 2.45) is 0 Å². The summed E-state index contributed by atoms with van der Waals surface area (Å²) in [6.07, 6.45) is 0. The van der Waals surface area contributed by atoms with E-state index in [-0.39, 0.29) is 11.2 Å². The maximum atomic E-state index is 12.7. The summed E-state index contributed by atoms with van der Waals surface area (Å²) >= 11 is 1.43. The maximum Gasteiger partial charge on any atom is 0.237 e. The van der Waals surface area contributed by atoms with Crippen molar-refractivity contribution in [3.05, 3.63) is 54.1 Å². The Balaban J connectivity index is 1.74. The summed E-state index contributed by atoms with van der Waals surface area (Å²) in [4.78, 5) is 15.0. The summed E-state index contributed by atoms with van der Waals surface area (Å²) in [6.45, 7) is 13.0. The second kappa shape index (κ2) is 10.5. The van der Waals surface area contributed by atoms with Crippen LogP contribution in [0.1, 0.15) is 33.3 Å². The largest absolute Gasteiger partial charge is 0.372 e. The van der Waals surface area contributed by atoms with Gasteiger partial charge in [0.2, 0.25) is 5.91 Å². The molecule has 31 heavy (non-hydrogen) atoms. The molecule has 0 aliphatic rings. The Bertz CT molecular complexity index is 1010. The van der Waals surface area contributed by atoms with E-state index < -0.39 is 0 Å². The van der Waals surface area contributed by atoms with E-state index in [0.717, 1.165) is 47.4 Å². The molecule has 1 unspecified atom stereocenters. The van der Waals surface area contributed by atoms with Crippen molar-refractivity contribution >= 4 is 29.0 Å². The number of nitrogens with zero attached hydrogens (tertiary/aromatic N) is 4. The van der Waals surface area contributed by atoms with Gasteiger partial charge in [0, 0.05) is 36.6 Å². The topological polar surface area (TPSA) is 63.1 Å². The molecular weight excluding hydrogens is 406 g/mol. The van der Waals surface area contributed by atoms with Gasteiger partial charge in [0.25, 0.3) is 0 Å². The van der Waals surface area contributed by atoms with Gasteiger partial charge in [-0.2, -0.15) is 0 Å². The Morgan fingerprint density at radius 3 is 2.42 bits per heavy atom. The molecule has 1 atom stereocenters. The average Bonchev–Trinajstić information content (AvgIpc) is 3.17. The van der Waals surface area contributed by atoms with Crippen LogP contribution in [0.5, 0.6) is 0 Å². The van der Waals surface area contributed by atoms with E-state index in [0.29, 0.717) is 0 Å². The number of aryl methyl sites for hydroxylation is 1. The van der Waals surface area contributed by atoms with E-state index in [1.54, 1.807) is 0 Å². The summed E-state index contributed by atoms with van der Waals surface area (Å²) < 4.78 is 2.06. The summed E-state index contributed by atoms with van der Waals surface area (Å²) in [5, 5.41) is 12.2. The van der Waals surface area contributed by atoms with Crippen molar-refractivity contribution in [2.75, 3.05) is 23.3 Å². The molecular formula is C24H31N5OS. The normalized spacial score (nSPS) is 11.9. The van der Waals surface area contributed by atoms with E-state index in [2.05, 4.69) is 70.0 Å². The monoisotopic (exact) mass is 437 g/mol. The Labute approximate surface area is 189 Å². The first-order chi connectivity index (χ1) is 15.0. The Hall–Kier alpha value is -2.80. The number of carbonyl (C=O) groups excluding carboxylic acids is 1. The van der Waals surface area contributed by atoms with E-state index >= 15 is 0 Å². The highest BCUT2D eigenvalue weighted by Crippen LogP contribution is 2.28. The minimum Gasteiger partial charge on any atom is -0.372 e. The Morgan fingerprint density at radius 1 is 1.10 bits per heavy atom. The van der Waals surface area contributed by atoms with Crippen LogP contribution in [-0.4, -0.2) is 39.0 Å². The molecule has 0 aliphatic heterocycles. The number of anilines is 2. The third-order valence-electron chi connectivity index (χ3n) is 5.22. The summed E-state index contributed by atoms with van der Waals surface area (Å²) in [5.41, 5.74) is 4.14. The predicted molar refractivity (Wildman–Crippen MR) is 130 cm³/mol. The number of carbonyl (C=O) groups is 1. The molecule has 0 bridgehead atoms. The lowest BCUT2D eigenvalue weighted by atomic mass is 10.2. The molecule has 0 saturated carbocycles. The molecule has 3 rings (SSSR count). The minimum absolute atomic E-state index is 0.0496. The first-order valence-electron chi connectivity index (χ1n) is 10.8. The zero-order chi connectivity index (χ0) is 22.4. The van der Waals surface area contributed by atoms with Crippen molar-refractivity contribution in [2.45, 2.75) is 51.6 Å². The highest BCUT2D eigenvalue weighted by Gasteiger charge is 2.20. The van der Waals surface area contributed by atoms with Gasteiger partial charge < -0.3 is 14.8 Å². The number of hydrogen-bond donors (Lipinski definition) is 1. The van der Waals surface area contributed by atoms with Crippen LogP contribution in [0.15, 0.2) is 53.7 Å². The van der Waals surface area contributed by atoms with Gasteiger partial charge in [0.15, 0.2) is 11.0 Å². The highest BCUT2D eigenvalue weighted by molar-refractivity contribution is 8.00. The fraction of sp³-hybridized carbons (Fsp3) is 0.375. The molecule has 2 aromatic carbocycles. The van der Waals surface area contributed by atoms with Crippen LogP contribution in [0.3, 0.4) is 0 Å². The second-order valence-corrected chi connectivity index (χ2v) is 8.70. The predicted octanol–water partition coefficient (Wildman–Crippen LogP) is 5.24. The molecule has 0 aliphatic carbocycles. The van der Waals surface area contributed by atoms with Gasteiger partial charge in [0.05, 0.1) is 5.25 Å². The van der Waals surface area contributed by atoms with E-state index in [9.17, 15) is 4.79 Å². The lowest BCUT2D eigenvalue weighted by Crippen LogP contribution is -2.23. The Morgan fingerprint density at radius 2 is 1.81 bits per heavy atom. The molecule has 6 nitrogen and oxygen atoms in total. The highest BCUT2D eigenvalue weighted by atomic mass is 32.2. The molecule has 0 radical (unpaired) electrons. The third-order valence-corrected chi connectivity index (χ3v) is 6.30. The number of benzene rings is 2. The zero-order valence-electron chi connectivity index (χ0n) is 18.9. The maximum absolute atomic E-state index is 12.7. The molecule has 0 spiro atoms. The Kier molecular flexibility index (Phi) is 7.74. The standard InChI is InChI=1S/C24H31N5OS/c1-6-28(7-2)21-14-12-19(13-15-21)22-26-27-24(29(22)8-3)31-18(5)23(30)25-20-11-9-10-17(4)16-20/h9-16,18H,6-8H2,1-5H3,(H,25,30). The van der Waals surface area contributed by atoms with Crippen molar-refractivity contribution in [3.8, 4) is 11.4 Å². The third kappa shape index (κ3) is 5.47. The second-order valence-electron chi connectivity index (χ2n) is 7.39. The summed E-state index contributed by atoms with van der Waals surface area (Å²) in [6, 6.07) is 16.2. The van der Waals surface area contributed by atoms with Crippen LogP contribution in [0.2, 0.25) is 0 Å². The summed E-state index contributed by atoms with van der Waals surface area (Å²) in [5.74, 6) is 0.772. The number of aromatic nitrogens is 3. The molecule has 7 heteroatoms. The number of nitrogens with one attached hydrogen (secondary N) is 1. The molecule has 0 fully saturated rings. The van der Waals surface area contributed by atoms with Gasteiger partial charge in [-0.3, -0.25) is 4.79 Å². The van der Waals surface area contributed by atoms with Crippen LogP contribution in [0, 0.1) is 6.92 Å². The SMILES string of the molecule is CCN(CC)c1ccc(-c2nnc(SC(C)C(=O)Nc3cccc(C)c3)n2CC)cc1. The van der Waals surface area contributed by atoms with Gasteiger partial charge in [-0.15, -0.1) is 10.2 Å². The van der Waals surface area contributed by atoms with Crippen molar-refractivity contribution in [3.63, 3.8) is 0 Å². The fourth-order valence-electron chi connectivity index (χ4n) is 3.46. The van der Waals surface area contributed by atoms with Crippen molar-refractivity contribution in [1.29, 1.82) is 0 Å². The first-order valence-corrected chi connectivity index (χ1v) is 11.7. The molecule has 1 amide bonds. The number of thioether (sulfide) groups is 1. The van der Waals surface area contributed by atoms with E-state index in [1.165, 1.54) is 17.4 Å². The van der Waals surface area contributed by atoms with Crippen molar-refractivity contribution in [1.82, 2.24) is 14.8 Å². The lowest BCUT2D eigenvalue weighted by molar-refractivity contribution is -0.115. The fourth-order valence-corrected chi connectivity index (χ4v) is 4.38. The molecule has 1 N–H and O–H groups in total. The average molecular weight is 438 g/mol. The van der Waals surface area contributed by atoms with Crippen LogP contribution in [0.4, 0.5) is 11.4 Å². The minimum atomic E-state index is -0.298. The van der Waals surface area contributed by atoms with Gasteiger partial charge in [-0.1, -0.05) is 23.9 Å². The molecule has 3 aromatic rings. The number of hydrogen-bond acceptors (Lipinski definition) is 5. The quantitative estimate of drug-likeness (QED) is 0.464. The molecule has 1 aromatic heterocycles. The van der Waals surface area contributed by atoms with Crippen molar-refractivity contribution < 1.29 is 4.79 Å². The van der Waals surface area contributed by atoms with Gasteiger partial charge >= 0.3 is 0 Å². The zero-order valence-corrected chi connectivity index (χ0v) is 19.7. The molecule has 164 valence electrons. The number of amides is 1.